The quantitative estimate of drug-likeness (QED) is 0.113. The highest BCUT2D eigenvalue weighted by atomic mass is 16.7. The monoisotopic (exact) mass is 628 g/mol. The zero-order valence-electron chi connectivity index (χ0n) is 23.4. The summed E-state index contributed by atoms with van der Waals surface area (Å²) < 4.78 is 27.0. The van der Waals surface area contributed by atoms with Crippen molar-refractivity contribution in [2.45, 2.75) is 74.3 Å². The van der Waals surface area contributed by atoms with Crippen LogP contribution < -0.4 is 14.2 Å². The lowest BCUT2D eigenvalue weighted by atomic mass is 9.98. The summed E-state index contributed by atoms with van der Waals surface area (Å²) in [5, 5.41) is 101. The normalized spacial score (nSPS) is 32.2. The van der Waals surface area contributed by atoms with Crippen LogP contribution in [0.15, 0.2) is 30.3 Å². The molecule has 10 atom stereocenters. The summed E-state index contributed by atoms with van der Waals surface area (Å²) in [4.78, 5) is 13.4. The molecule has 16 nitrogen and oxygen atoms in total. The molecule has 0 bridgehead atoms. The molecule has 0 aliphatic carbocycles. The summed E-state index contributed by atoms with van der Waals surface area (Å²) in [6, 6.07) is 6.49. The fourth-order valence-corrected chi connectivity index (χ4v) is 4.87. The summed E-state index contributed by atoms with van der Waals surface area (Å²) in [5.41, 5.74) is 0.195. The number of phenols is 2. The number of ketones is 1. The number of hydrogen-bond acceptors (Lipinski definition) is 16. The molecule has 2 aliphatic rings. The Balaban J connectivity index is 1.65. The van der Waals surface area contributed by atoms with Gasteiger partial charge in [0.05, 0.1) is 20.3 Å². The second-order valence-corrected chi connectivity index (χ2v) is 10.4. The highest BCUT2D eigenvalue weighted by molar-refractivity contribution is 6.01. The first-order chi connectivity index (χ1) is 20.9. The van der Waals surface area contributed by atoms with Crippen molar-refractivity contribution in [2.75, 3.05) is 20.3 Å². The van der Waals surface area contributed by atoms with E-state index in [0.717, 1.165) is 12.1 Å². The van der Waals surface area contributed by atoms with Crippen molar-refractivity contribution in [3.8, 4) is 28.7 Å². The molecule has 0 aromatic heterocycles. The number of hydrogen-bond donors (Lipinski definition) is 10. The summed E-state index contributed by atoms with van der Waals surface area (Å²) in [7, 11) is 1.36. The Labute approximate surface area is 250 Å². The van der Waals surface area contributed by atoms with E-state index in [0.29, 0.717) is 5.56 Å². The Hall–Kier alpha value is -3.29. The highest BCUT2D eigenvalue weighted by Gasteiger charge is 2.46. The van der Waals surface area contributed by atoms with Gasteiger partial charge in [0.25, 0.3) is 0 Å². The van der Waals surface area contributed by atoms with Crippen LogP contribution in [0.2, 0.25) is 0 Å². The second kappa shape index (κ2) is 14.2. The van der Waals surface area contributed by atoms with E-state index in [1.54, 1.807) is 6.07 Å². The van der Waals surface area contributed by atoms with Crippen LogP contribution in [0.5, 0.6) is 28.7 Å². The van der Waals surface area contributed by atoms with Gasteiger partial charge in [0.15, 0.2) is 17.3 Å². The van der Waals surface area contributed by atoms with Crippen LogP contribution in [-0.2, 0) is 15.9 Å². The molecule has 2 heterocycles. The molecular formula is C28H36O16. The van der Waals surface area contributed by atoms with Crippen LogP contribution in [0, 0.1) is 0 Å². The van der Waals surface area contributed by atoms with Gasteiger partial charge >= 0.3 is 0 Å². The predicted molar refractivity (Wildman–Crippen MR) is 144 cm³/mol. The Kier molecular flexibility index (Phi) is 10.9. The van der Waals surface area contributed by atoms with Crippen LogP contribution in [0.25, 0.3) is 0 Å². The van der Waals surface area contributed by atoms with Crippen molar-refractivity contribution >= 4 is 5.78 Å². The van der Waals surface area contributed by atoms with Crippen molar-refractivity contribution in [3.05, 3.63) is 41.5 Å². The van der Waals surface area contributed by atoms with Crippen LogP contribution in [-0.4, -0.2) is 139 Å². The molecule has 4 rings (SSSR count). The third-order valence-electron chi connectivity index (χ3n) is 7.41. The summed E-state index contributed by atoms with van der Waals surface area (Å²) in [5.74, 6) is -2.04. The number of aromatic hydroxyl groups is 2. The Morgan fingerprint density at radius 1 is 0.727 bits per heavy atom. The summed E-state index contributed by atoms with van der Waals surface area (Å²) in [6.07, 6.45) is -16.8. The fourth-order valence-electron chi connectivity index (χ4n) is 4.87. The van der Waals surface area contributed by atoms with Gasteiger partial charge in [-0.3, -0.25) is 4.79 Å². The van der Waals surface area contributed by atoms with Crippen LogP contribution in [0.4, 0.5) is 0 Å². The number of phenolic OH excluding ortho intramolecular Hbond substituents is 2. The lowest BCUT2D eigenvalue weighted by molar-refractivity contribution is -0.278. The smallest absolute Gasteiger partial charge is 0.229 e. The highest BCUT2D eigenvalue weighted by Crippen LogP contribution is 2.38. The standard InChI is InChI=1S/C28H36O16/c1-40-16-6-11(2-4-13(16)31)3-5-14(32)20-15(33)7-12(41-27-25(38)23(36)21(34)18(9-29)43-27)8-17(20)42-28-26(39)24(37)22(35)19(10-30)44-28/h2,4,6-8,18-19,21-31,33-39H,3,5,9-10H2,1H3. The molecule has 2 fully saturated rings. The molecule has 244 valence electrons. The lowest BCUT2D eigenvalue weighted by Gasteiger charge is -2.40. The average Bonchev–Trinajstić information content (AvgIpc) is 3.00. The lowest BCUT2D eigenvalue weighted by Crippen LogP contribution is -2.60. The van der Waals surface area contributed by atoms with Gasteiger partial charge in [-0.15, -0.1) is 0 Å². The SMILES string of the molecule is COc1cc(CCC(=O)c2c(O)cc(OC3OC(CO)C(O)C(O)C3O)cc2OC2OC(CO)C(O)C(O)C2O)ccc1O. The second-order valence-electron chi connectivity index (χ2n) is 10.4. The van der Waals surface area contributed by atoms with Gasteiger partial charge in [0, 0.05) is 18.6 Å². The minimum absolute atomic E-state index is 0.106. The van der Waals surface area contributed by atoms with Crippen molar-refractivity contribution in [1.29, 1.82) is 0 Å². The fraction of sp³-hybridized carbons (Fsp3) is 0.536. The molecule has 10 unspecified atom stereocenters. The minimum Gasteiger partial charge on any atom is -0.507 e. The van der Waals surface area contributed by atoms with Gasteiger partial charge in [-0.1, -0.05) is 6.07 Å². The number of ether oxygens (including phenoxy) is 5. The van der Waals surface area contributed by atoms with Crippen molar-refractivity contribution in [1.82, 2.24) is 0 Å². The maximum Gasteiger partial charge on any atom is 0.229 e. The van der Waals surface area contributed by atoms with E-state index in [4.69, 9.17) is 23.7 Å². The first-order valence-electron chi connectivity index (χ1n) is 13.6. The van der Waals surface area contributed by atoms with E-state index < -0.39 is 97.5 Å². The summed E-state index contributed by atoms with van der Waals surface area (Å²) >= 11 is 0. The molecule has 2 aromatic carbocycles. The van der Waals surface area contributed by atoms with Gasteiger partial charge < -0.3 is 74.7 Å². The first-order valence-corrected chi connectivity index (χ1v) is 13.6. The zero-order valence-corrected chi connectivity index (χ0v) is 23.4. The molecule has 2 saturated heterocycles. The molecule has 0 radical (unpaired) electrons. The predicted octanol–water partition coefficient (Wildman–Crippen LogP) is -2.72. The number of benzene rings is 2. The molecule has 0 spiro atoms. The van der Waals surface area contributed by atoms with Gasteiger partial charge in [-0.2, -0.15) is 0 Å². The maximum atomic E-state index is 13.4. The summed E-state index contributed by atoms with van der Waals surface area (Å²) in [6.45, 7) is -1.50. The Morgan fingerprint density at radius 2 is 1.30 bits per heavy atom. The van der Waals surface area contributed by atoms with E-state index >= 15 is 0 Å². The first kappa shape index (κ1) is 33.6. The van der Waals surface area contributed by atoms with Gasteiger partial charge in [0.2, 0.25) is 12.6 Å². The third-order valence-corrected chi connectivity index (χ3v) is 7.41. The minimum atomic E-state index is -1.88. The molecular weight excluding hydrogens is 592 g/mol. The molecule has 16 heteroatoms. The Morgan fingerprint density at radius 3 is 1.84 bits per heavy atom. The number of aliphatic hydroxyl groups excluding tert-OH is 8. The number of carbonyl (C=O) groups excluding carboxylic acids is 1. The van der Waals surface area contributed by atoms with Crippen LogP contribution >= 0.6 is 0 Å². The van der Waals surface area contributed by atoms with E-state index in [1.807, 2.05) is 0 Å². The Bertz CT molecular complexity index is 1280. The van der Waals surface area contributed by atoms with Gasteiger partial charge in [-0.25, -0.2) is 0 Å². The third kappa shape index (κ3) is 7.00. The van der Waals surface area contributed by atoms with Gasteiger partial charge in [0.1, 0.15) is 71.6 Å². The molecule has 44 heavy (non-hydrogen) atoms. The zero-order chi connectivity index (χ0) is 32.3. The number of carbonyl (C=O) groups is 1. The number of aliphatic hydroxyl groups is 8. The van der Waals surface area contributed by atoms with E-state index in [-0.39, 0.29) is 30.1 Å². The van der Waals surface area contributed by atoms with Crippen molar-refractivity contribution < 1.29 is 79.5 Å². The largest absolute Gasteiger partial charge is 0.507 e. The molecule has 10 N–H and O–H groups in total. The van der Waals surface area contributed by atoms with Crippen molar-refractivity contribution in [3.63, 3.8) is 0 Å². The van der Waals surface area contributed by atoms with E-state index in [9.17, 15) is 55.9 Å². The number of aryl methyl sites for hydroxylation is 1. The van der Waals surface area contributed by atoms with E-state index in [1.165, 1.54) is 19.2 Å². The number of Topliss-reactive ketones (excluding diaryl/α,β-unsaturated/α-hetero) is 1. The van der Waals surface area contributed by atoms with E-state index in [2.05, 4.69) is 0 Å². The molecule has 2 aliphatic heterocycles. The number of rotatable bonds is 11. The topological polar surface area (TPSA) is 266 Å². The van der Waals surface area contributed by atoms with Crippen molar-refractivity contribution in [2.24, 2.45) is 0 Å². The average molecular weight is 629 g/mol. The molecule has 2 aromatic rings. The maximum absolute atomic E-state index is 13.4. The van der Waals surface area contributed by atoms with Gasteiger partial charge in [-0.05, 0) is 24.1 Å². The molecule has 0 amide bonds. The van der Waals surface area contributed by atoms with Crippen LogP contribution in [0.1, 0.15) is 22.3 Å². The number of methoxy groups -OCH3 is 1. The molecule has 0 saturated carbocycles. The van der Waals surface area contributed by atoms with Crippen LogP contribution in [0.3, 0.4) is 0 Å².